The maximum atomic E-state index is 10.8. The van der Waals surface area contributed by atoms with Crippen LogP contribution in [-0.4, -0.2) is 11.1 Å². The van der Waals surface area contributed by atoms with Gasteiger partial charge in [-0.25, -0.2) is 0 Å². The summed E-state index contributed by atoms with van der Waals surface area (Å²) < 4.78 is 0. The maximum absolute atomic E-state index is 10.8. The van der Waals surface area contributed by atoms with E-state index in [9.17, 15) is 4.79 Å². The van der Waals surface area contributed by atoms with Crippen molar-refractivity contribution in [3.63, 3.8) is 0 Å². The van der Waals surface area contributed by atoms with Crippen molar-refractivity contribution in [1.29, 1.82) is 0 Å². The van der Waals surface area contributed by atoms with Gasteiger partial charge in [0.05, 0.1) is 6.42 Å². The van der Waals surface area contributed by atoms with Gasteiger partial charge in [-0.05, 0) is 49.4 Å². The second kappa shape index (κ2) is 3.00. The van der Waals surface area contributed by atoms with Gasteiger partial charge in [0.2, 0.25) is 0 Å². The van der Waals surface area contributed by atoms with Gasteiger partial charge in [-0.3, -0.25) is 4.79 Å². The maximum Gasteiger partial charge on any atom is 0.303 e. The van der Waals surface area contributed by atoms with Gasteiger partial charge in [0.15, 0.2) is 0 Å². The van der Waals surface area contributed by atoms with Crippen LogP contribution in [0.5, 0.6) is 0 Å². The van der Waals surface area contributed by atoms with E-state index < -0.39 is 5.97 Å². The van der Waals surface area contributed by atoms with Gasteiger partial charge in [-0.2, -0.15) is 0 Å². The summed E-state index contributed by atoms with van der Waals surface area (Å²) >= 11 is 0. The number of carboxylic acids is 1. The Balaban J connectivity index is 2.03. The van der Waals surface area contributed by atoms with Crippen LogP contribution in [0.15, 0.2) is 0 Å². The molecule has 0 aromatic heterocycles. The molecule has 2 aliphatic carbocycles. The van der Waals surface area contributed by atoms with Crippen LogP contribution >= 0.6 is 0 Å². The third-order valence-electron chi connectivity index (χ3n) is 4.24. The largest absolute Gasteiger partial charge is 0.481 e. The first-order valence-corrected chi connectivity index (χ1v) is 5.37. The Morgan fingerprint density at radius 2 is 1.92 bits per heavy atom. The lowest BCUT2D eigenvalue weighted by atomic mass is 9.77. The fraction of sp³-hybridized carbons (Fsp3) is 0.909. The molecule has 2 nitrogen and oxygen atoms in total. The number of carbonyl (C=O) groups is 1. The third kappa shape index (κ3) is 1.47. The van der Waals surface area contributed by atoms with Gasteiger partial charge < -0.3 is 5.11 Å². The molecule has 2 fully saturated rings. The van der Waals surface area contributed by atoms with E-state index in [2.05, 4.69) is 6.92 Å². The van der Waals surface area contributed by atoms with Crippen molar-refractivity contribution in [2.24, 2.45) is 17.3 Å². The van der Waals surface area contributed by atoms with Crippen molar-refractivity contribution in [1.82, 2.24) is 0 Å². The molecule has 2 saturated carbocycles. The normalized spacial score (nSPS) is 42.5. The topological polar surface area (TPSA) is 37.3 Å². The van der Waals surface area contributed by atoms with E-state index in [1.54, 1.807) is 0 Å². The van der Waals surface area contributed by atoms with Crippen LogP contribution in [0.2, 0.25) is 0 Å². The summed E-state index contributed by atoms with van der Waals surface area (Å²) in [7, 11) is 0. The van der Waals surface area contributed by atoms with Gasteiger partial charge in [0.25, 0.3) is 0 Å². The van der Waals surface area contributed by atoms with Gasteiger partial charge in [-0.1, -0.05) is 6.92 Å². The molecule has 0 radical (unpaired) electrons. The highest BCUT2D eigenvalue weighted by Crippen LogP contribution is 2.58. The van der Waals surface area contributed by atoms with Crippen molar-refractivity contribution in [2.75, 3.05) is 0 Å². The van der Waals surface area contributed by atoms with Crippen LogP contribution in [0.1, 0.15) is 45.4 Å². The molecular formula is C11H18O2. The average Bonchev–Trinajstić information content (AvgIpc) is 2.28. The molecule has 0 aliphatic heterocycles. The number of hydrogen-bond donors (Lipinski definition) is 1. The van der Waals surface area contributed by atoms with Crippen molar-refractivity contribution >= 4 is 5.97 Å². The van der Waals surface area contributed by atoms with Crippen LogP contribution in [0.25, 0.3) is 0 Å². The molecule has 2 aliphatic rings. The SMILES string of the molecule is CC[C@@]1(CC(=O)O)C[C@H]2CC[C@H]2C1. The van der Waals surface area contributed by atoms with Crippen LogP contribution in [0, 0.1) is 17.3 Å². The standard InChI is InChI=1S/C11H18O2/c1-2-11(7-10(12)13)5-8-3-4-9(8)6-11/h8-9H,2-7H2,1H3,(H,12,13)/t8-,9+,11-. The third-order valence-corrected chi connectivity index (χ3v) is 4.24. The molecule has 0 aromatic rings. The Kier molecular flexibility index (Phi) is 2.09. The van der Waals surface area contributed by atoms with E-state index in [0.717, 1.165) is 18.3 Å². The molecule has 0 spiro atoms. The second-order valence-corrected chi connectivity index (χ2v) is 4.93. The molecule has 0 heterocycles. The Hall–Kier alpha value is -0.530. The molecule has 13 heavy (non-hydrogen) atoms. The van der Waals surface area contributed by atoms with E-state index in [4.69, 9.17) is 5.11 Å². The molecule has 0 amide bonds. The number of aliphatic carboxylic acids is 1. The minimum Gasteiger partial charge on any atom is -0.481 e. The minimum atomic E-state index is -0.608. The molecule has 0 unspecified atom stereocenters. The van der Waals surface area contributed by atoms with Gasteiger partial charge >= 0.3 is 5.97 Å². The molecule has 2 heteroatoms. The first kappa shape index (κ1) is 9.04. The number of fused-ring (bicyclic) bond motifs is 1. The lowest BCUT2D eigenvalue weighted by molar-refractivity contribution is -0.139. The van der Waals surface area contributed by atoms with E-state index in [0.29, 0.717) is 6.42 Å². The average molecular weight is 182 g/mol. The van der Waals surface area contributed by atoms with E-state index in [1.807, 2.05) is 0 Å². The Bertz CT molecular complexity index is 210. The van der Waals surface area contributed by atoms with Crippen LogP contribution in [-0.2, 0) is 4.79 Å². The predicted octanol–water partition coefficient (Wildman–Crippen LogP) is 2.68. The molecule has 74 valence electrons. The summed E-state index contributed by atoms with van der Waals surface area (Å²) in [5.41, 5.74) is 0.164. The first-order chi connectivity index (χ1) is 6.15. The second-order valence-electron chi connectivity index (χ2n) is 4.93. The van der Waals surface area contributed by atoms with Crippen molar-refractivity contribution in [3.8, 4) is 0 Å². The lowest BCUT2D eigenvalue weighted by Gasteiger charge is -2.29. The minimum absolute atomic E-state index is 0.164. The van der Waals surface area contributed by atoms with Crippen LogP contribution < -0.4 is 0 Å². The fourth-order valence-electron chi connectivity index (χ4n) is 3.25. The zero-order valence-corrected chi connectivity index (χ0v) is 8.25. The predicted molar refractivity (Wildman–Crippen MR) is 50.4 cm³/mol. The number of rotatable bonds is 3. The van der Waals surface area contributed by atoms with Crippen LogP contribution in [0.4, 0.5) is 0 Å². The smallest absolute Gasteiger partial charge is 0.303 e. The summed E-state index contributed by atoms with van der Waals surface area (Å²) in [6.45, 7) is 2.15. The van der Waals surface area contributed by atoms with E-state index in [1.165, 1.54) is 25.7 Å². The monoisotopic (exact) mass is 182 g/mol. The molecule has 3 atom stereocenters. The van der Waals surface area contributed by atoms with Gasteiger partial charge in [0, 0.05) is 0 Å². The molecule has 2 rings (SSSR count). The highest BCUT2D eigenvalue weighted by Gasteiger charge is 2.48. The zero-order chi connectivity index (χ0) is 9.47. The number of carboxylic acid groups (broad SMARTS) is 1. The molecule has 0 aromatic carbocycles. The van der Waals surface area contributed by atoms with E-state index >= 15 is 0 Å². The summed E-state index contributed by atoms with van der Waals surface area (Å²) in [4.78, 5) is 10.8. The van der Waals surface area contributed by atoms with Crippen molar-refractivity contribution < 1.29 is 9.90 Å². The molecule has 0 saturated heterocycles. The Morgan fingerprint density at radius 1 is 1.38 bits per heavy atom. The fourth-order valence-corrected chi connectivity index (χ4v) is 3.25. The van der Waals surface area contributed by atoms with E-state index in [-0.39, 0.29) is 5.41 Å². The first-order valence-electron chi connectivity index (χ1n) is 5.37. The summed E-state index contributed by atoms with van der Waals surface area (Å²) in [5, 5.41) is 8.86. The number of hydrogen-bond acceptors (Lipinski definition) is 1. The van der Waals surface area contributed by atoms with Crippen LogP contribution in [0.3, 0.4) is 0 Å². The van der Waals surface area contributed by atoms with Crippen molar-refractivity contribution in [2.45, 2.75) is 45.4 Å². The highest BCUT2D eigenvalue weighted by molar-refractivity contribution is 5.67. The summed E-state index contributed by atoms with van der Waals surface area (Å²) in [6, 6.07) is 0. The highest BCUT2D eigenvalue weighted by atomic mass is 16.4. The zero-order valence-electron chi connectivity index (χ0n) is 8.25. The molecular weight excluding hydrogens is 164 g/mol. The van der Waals surface area contributed by atoms with Crippen molar-refractivity contribution in [3.05, 3.63) is 0 Å². The molecule has 1 N–H and O–H groups in total. The Morgan fingerprint density at radius 3 is 2.23 bits per heavy atom. The Labute approximate surface area is 79.3 Å². The lowest BCUT2D eigenvalue weighted by Crippen LogP contribution is -2.20. The van der Waals surface area contributed by atoms with Gasteiger partial charge in [0.1, 0.15) is 0 Å². The summed E-state index contributed by atoms with van der Waals surface area (Å²) in [5.74, 6) is 1.14. The summed E-state index contributed by atoms with van der Waals surface area (Å²) in [6.07, 6.45) is 6.52. The van der Waals surface area contributed by atoms with Gasteiger partial charge in [-0.15, -0.1) is 0 Å². The quantitative estimate of drug-likeness (QED) is 0.728. The molecule has 0 bridgehead atoms.